The topological polar surface area (TPSA) is 73.8 Å². The van der Waals surface area contributed by atoms with Gasteiger partial charge in [-0.15, -0.1) is 0 Å². The van der Waals surface area contributed by atoms with Crippen LogP contribution in [0.2, 0.25) is 0 Å². The number of hydrogen-bond donors (Lipinski definition) is 0. The van der Waals surface area contributed by atoms with Crippen molar-refractivity contribution in [3.8, 4) is 0 Å². The highest BCUT2D eigenvalue weighted by molar-refractivity contribution is 5.00. The molecular formula is C28H50O8. The molecule has 0 radical (unpaired) electrons. The Bertz CT molecular complexity index is 716. The first-order chi connectivity index (χ1) is 16.4. The highest BCUT2D eigenvalue weighted by Gasteiger charge is 2.57. The van der Waals surface area contributed by atoms with Crippen molar-refractivity contribution in [3.63, 3.8) is 0 Å². The minimum Gasteiger partial charge on any atom is -0.350 e. The summed E-state index contributed by atoms with van der Waals surface area (Å²) in [5, 5.41) is 0. The quantitative estimate of drug-likeness (QED) is 0.528. The summed E-state index contributed by atoms with van der Waals surface area (Å²) in [5.74, 6) is -2.48. The summed E-state index contributed by atoms with van der Waals surface area (Å²) in [6.07, 6.45) is -1.02. The van der Waals surface area contributed by atoms with Crippen LogP contribution < -0.4 is 0 Å². The van der Waals surface area contributed by atoms with Crippen molar-refractivity contribution in [1.29, 1.82) is 0 Å². The highest BCUT2D eigenvalue weighted by Crippen LogP contribution is 2.46. The van der Waals surface area contributed by atoms with Crippen LogP contribution in [0, 0.1) is 23.7 Å². The summed E-state index contributed by atoms with van der Waals surface area (Å²) >= 11 is 0. The molecule has 210 valence electrons. The zero-order chi connectivity index (χ0) is 26.8. The van der Waals surface area contributed by atoms with Crippen LogP contribution in [0.3, 0.4) is 0 Å². The molecule has 0 aromatic carbocycles. The summed E-state index contributed by atoms with van der Waals surface area (Å²) in [4.78, 5) is 0. The van der Waals surface area contributed by atoms with E-state index in [-0.39, 0.29) is 60.3 Å². The predicted octanol–water partition coefficient (Wildman–Crippen LogP) is 4.87. The molecule has 0 aromatic rings. The van der Waals surface area contributed by atoms with E-state index >= 15 is 0 Å². The lowest BCUT2D eigenvalue weighted by atomic mass is 9.78. The van der Waals surface area contributed by atoms with Crippen LogP contribution in [-0.2, 0) is 37.9 Å². The van der Waals surface area contributed by atoms with Crippen molar-refractivity contribution in [2.45, 2.75) is 143 Å². The first kappa shape index (κ1) is 28.7. The van der Waals surface area contributed by atoms with Gasteiger partial charge in [-0.3, -0.25) is 0 Å². The molecule has 4 aliphatic rings. The predicted molar refractivity (Wildman–Crippen MR) is 134 cm³/mol. The molecule has 4 aliphatic heterocycles. The molecule has 10 atom stereocenters. The van der Waals surface area contributed by atoms with Crippen LogP contribution in [0.1, 0.15) is 83.1 Å². The number of hydrogen-bond acceptors (Lipinski definition) is 8. The van der Waals surface area contributed by atoms with Gasteiger partial charge in [0.05, 0.1) is 49.8 Å². The van der Waals surface area contributed by atoms with Gasteiger partial charge in [0.25, 0.3) is 0 Å². The Hall–Kier alpha value is -0.320. The van der Waals surface area contributed by atoms with Gasteiger partial charge >= 0.3 is 0 Å². The van der Waals surface area contributed by atoms with Crippen molar-refractivity contribution >= 4 is 0 Å². The summed E-state index contributed by atoms with van der Waals surface area (Å²) in [6, 6.07) is 0. The van der Waals surface area contributed by atoms with Crippen molar-refractivity contribution in [2.24, 2.45) is 23.7 Å². The van der Waals surface area contributed by atoms with Gasteiger partial charge in [-0.2, -0.15) is 0 Å². The van der Waals surface area contributed by atoms with E-state index in [1.165, 1.54) is 0 Å². The normalized spacial score (nSPS) is 48.3. The van der Waals surface area contributed by atoms with Crippen LogP contribution in [-0.4, -0.2) is 73.0 Å². The Balaban J connectivity index is 1.63. The van der Waals surface area contributed by atoms with Gasteiger partial charge in [-0.05, 0) is 55.4 Å². The summed E-state index contributed by atoms with van der Waals surface area (Å²) in [6.45, 7) is 25.7. The molecule has 0 spiro atoms. The summed E-state index contributed by atoms with van der Waals surface area (Å²) in [5.41, 5.74) is 0. The van der Waals surface area contributed by atoms with Gasteiger partial charge < -0.3 is 37.9 Å². The molecule has 8 heteroatoms. The van der Waals surface area contributed by atoms with E-state index in [1.54, 1.807) is 0 Å². The minimum absolute atomic E-state index is 0.0193. The van der Waals surface area contributed by atoms with Crippen molar-refractivity contribution in [3.05, 3.63) is 0 Å². The van der Waals surface area contributed by atoms with Crippen molar-refractivity contribution in [2.75, 3.05) is 13.2 Å². The lowest BCUT2D eigenvalue weighted by molar-refractivity contribution is -0.413. The average Bonchev–Trinajstić information content (AvgIpc) is 2.74. The van der Waals surface area contributed by atoms with Gasteiger partial charge in [0, 0.05) is 23.7 Å². The molecule has 36 heavy (non-hydrogen) atoms. The molecule has 4 heterocycles. The Morgan fingerprint density at radius 2 is 0.639 bits per heavy atom. The van der Waals surface area contributed by atoms with Crippen molar-refractivity contribution in [1.82, 2.24) is 0 Å². The molecule has 0 N–H and O–H groups in total. The fourth-order valence-corrected chi connectivity index (χ4v) is 6.23. The fraction of sp³-hybridized carbons (Fsp3) is 1.00. The molecule has 0 aliphatic carbocycles. The van der Waals surface area contributed by atoms with E-state index in [9.17, 15) is 0 Å². The van der Waals surface area contributed by atoms with Crippen LogP contribution in [0.5, 0.6) is 0 Å². The molecule has 0 amide bonds. The second kappa shape index (κ2) is 9.70. The third-order valence-electron chi connectivity index (χ3n) is 8.07. The number of ether oxygens (including phenoxy) is 8. The third-order valence-corrected chi connectivity index (χ3v) is 8.07. The Kier molecular flexibility index (Phi) is 7.73. The number of rotatable bonds is 3. The van der Waals surface area contributed by atoms with Crippen LogP contribution >= 0.6 is 0 Å². The Morgan fingerprint density at radius 1 is 0.389 bits per heavy atom. The second-order valence-corrected chi connectivity index (χ2v) is 13.4. The average molecular weight is 515 g/mol. The van der Waals surface area contributed by atoms with E-state index in [0.29, 0.717) is 13.2 Å². The van der Waals surface area contributed by atoms with Crippen LogP contribution in [0.15, 0.2) is 0 Å². The first-order valence-corrected chi connectivity index (χ1v) is 13.8. The molecule has 4 saturated heterocycles. The van der Waals surface area contributed by atoms with Gasteiger partial charge in [0.15, 0.2) is 23.1 Å². The molecule has 0 unspecified atom stereocenters. The molecule has 4 rings (SSSR count). The Labute approximate surface area is 217 Å². The molecule has 0 aromatic heterocycles. The monoisotopic (exact) mass is 514 g/mol. The summed E-state index contributed by atoms with van der Waals surface area (Å²) < 4.78 is 51.1. The summed E-state index contributed by atoms with van der Waals surface area (Å²) in [7, 11) is 0. The van der Waals surface area contributed by atoms with E-state index in [4.69, 9.17) is 37.9 Å². The zero-order valence-electron chi connectivity index (χ0n) is 24.5. The first-order valence-electron chi connectivity index (χ1n) is 13.8. The maximum absolute atomic E-state index is 6.65. The van der Waals surface area contributed by atoms with E-state index in [0.717, 1.165) is 0 Å². The van der Waals surface area contributed by atoms with Gasteiger partial charge in [-0.1, -0.05) is 27.7 Å². The van der Waals surface area contributed by atoms with Gasteiger partial charge in [-0.25, -0.2) is 0 Å². The minimum atomic E-state index is -0.793. The lowest BCUT2D eigenvalue weighted by Gasteiger charge is -2.56. The van der Waals surface area contributed by atoms with E-state index < -0.39 is 23.1 Å². The van der Waals surface area contributed by atoms with E-state index in [2.05, 4.69) is 27.7 Å². The van der Waals surface area contributed by atoms with Crippen LogP contribution in [0.25, 0.3) is 0 Å². The van der Waals surface area contributed by atoms with Crippen molar-refractivity contribution < 1.29 is 37.9 Å². The highest BCUT2D eigenvalue weighted by atomic mass is 16.8. The largest absolute Gasteiger partial charge is 0.350 e. The van der Waals surface area contributed by atoms with E-state index in [1.807, 2.05) is 55.4 Å². The lowest BCUT2D eigenvalue weighted by Crippen LogP contribution is -2.66. The van der Waals surface area contributed by atoms with Gasteiger partial charge in [0.1, 0.15) is 0 Å². The molecule has 0 saturated carbocycles. The maximum Gasteiger partial charge on any atom is 0.163 e. The molecule has 0 bridgehead atoms. The fourth-order valence-electron chi connectivity index (χ4n) is 6.23. The third kappa shape index (κ3) is 5.96. The SMILES string of the molecule is C[C@H]1[C@H]([C@@H]2OC(C)(C)O[C@H]([C@H]3OC(C)(C)OC[C@@H]3C)[C@H]2C)OC(C)(C)O[C@@H]1[C@H]1OC(C)(C)OC[C@@H]1C. The second-order valence-electron chi connectivity index (χ2n) is 13.4. The zero-order valence-corrected chi connectivity index (χ0v) is 24.5. The molecule has 4 fully saturated rings. The Morgan fingerprint density at radius 3 is 0.944 bits per heavy atom. The van der Waals surface area contributed by atoms with Gasteiger partial charge in [0.2, 0.25) is 0 Å². The molecule has 8 nitrogen and oxygen atoms in total. The maximum atomic E-state index is 6.65. The van der Waals surface area contributed by atoms with Crippen LogP contribution in [0.4, 0.5) is 0 Å². The molecular weight excluding hydrogens is 464 g/mol. The smallest absolute Gasteiger partial charge is 0.163 e. The standard InChI is InChI=1S/C28H50O8/c1-15-13-29-25(5,6)31-19(15)21-17(3)23(35-27(9,10)33-21)24-18(4)22(34-28(11,12)36-24)20-16(2)14-30-26(7,8)32-20/h15-24H,13-14H2,1-12H3/t15-,16-,17+,18+,19-,20-,21-,22-,23+,24+/m0/s1.